The molecule has 2 saturated heterocycles. The largest absolute Gasteiger partial charge is 0.381 e. The van der Waals surface area contributed by atoms with Gasteiger partial charge in [0.25, 0.3) is 0 Å². The van der Waals surface area contributed by atoms with Gasteiger partial charge in [0.2, 0.25) is 0 Å². The van der Waals surface area contributed by atoms with Crippen LogP contribution in [0, 0.1) is 0 Å². The van der Waals surface area contributed by atoms with Crippen LogP contribution >= 0.6 is 0 Å². The summed E-state index contributed by atoms with van der Waals surface area (Å²) in [6, 6.07) is 10.5. The van der Waals surface area contributed by atoms with E-state index >= 15 is 0 Å². The fourth-order valence-electron chi connectivity index (χ4n) is 3.85. The van der Waals surface area contributed by atoms with E-state index in [1.165, 1.54) is 5.56 Å². The van der Waals surface area contributed by atoms with Gasteiger partial charge in [0, 0.05) is 39.4 Å². The van der Waals surface area contributed by atoms with Crippen LogP contribution in [0.3, 0.4) is 0 Å². The highest BCUT2D eigenvalue weighted by molar-refractivity contribution is 5.80. The summed E-state index contributed by atoms with van der Waals surface area (Å²) in [5.74, 6) is 1.00. The zero-order valence-corrected chi connectivity index (χ0v) is 17.9. The summed E-state index contributed by atoms with van der Waals surface area (Å²) in [5, 5.41) is 3.44. The highest BCUT2D eigenvalue weighted by Gasteiger charge is 2.32. The molecule has 0 bridgehead atoms. The number of nitrogens with one attached hydrogen (secondary N) is 1. The normalized spacial score (nSPS) is 22.8. The summed E-state index contributed by atoms with van der Waals surface area (Å²) >= 11 is 0. The van der Waals surface area contributed by atoms with Crippen LogP contribution in [0.5, 0.6) is 0 Å². The van der Waals surface area contributed by atoms with Crippen molar-refractivity contribution in [2.45, 2.75) is 51.2 Å². The van der Waals surface area contributed by atoms with Gasteiger partial charge >= 0.3 is 0 Å². The van der Waals surface area contributed by atoms with Crippen molar-refractivity contribution in [1.29, 1.82) is 0 Å². The monoisotopic (exact) mass is 403 g/mol. The Bertz CT molecular complexity index is 590. The Balaban J connectivity index is 1.33. The van der Waals surface area contributed by atoms with E-state index in [2.05, 4.69) is 41.4 Å². The van der Waals surface area contributed by atoms with Crippen LogP contribution in [0.15, 0.2) is 35.3 Å². The third-order valence-corrected chi connectivity index (χ3v) is 5.44. The topological polar surface area (TPSA) is 55.3 Å². The average molecular weight is 404 g/mol. The molecule has 6 nitrogen and oxygen atoms in total. The molecule has 3 rings (SSSR count). The van der Waals surface area contributed by atoms with E-state index < -0.39 is 0 Å². The average Bonchev–Trinajstić information content (AvgIpc) is 3.31. The molecular weight excluding hydrogens is 366 g/mol. The molecule has 162 valence electrons. The van der Waals surface area contributed by atoms with Crippen molar-refractivity contribution in [3.05, 3.63) is 35.9 Å². The maximum atomic E-state index is 5.97. The molecule has 0 spiro atoms. The number of hydrogen-bond acceptors (Lipinski definition) is 4. The number of hydrogen-bond donors (Lipinski definition) is 1. The molecule has 1 N–H and O–H groups in total. The van der Waals surface area contributed by atoms with Crippen molar-refractivity contribution in [3.63, 3.8) is 0 Å². The number of guanidine groups is 1. The molecule has 0 radical (unpaired) electrons. The van der Waals surface area contributed by atoms with E-state index in [1.54, 1.807) is 0 Å². The lowest BCUT2D eigenvalue weighted by molar-refractivity contribution is -0.0817. The Labute approximate surface area is 175 Å². The van der Waals surface area contributed by atoms with E-state index in [0.717, 1.165) is 90.7 Å². The molecule has 1 aromatic rings. The fourth-order valence-corrected chi connectivity index (χ4v) is 3.85. The smallest absolute Gasteiger partial charge is 0.194 e. The van der Waals surface area contributed by atoms with Gasteiger partial charge in [0.05, 0.1) is 19.3 Å². The molecule has 2 heterocycles. The summed E-state index contributed by atoms with van der Waals surface area (Å²) in [6.07, 6.45) is 5.72. The molecule has 6 heteroatoms. The lowest BCUT2D eigenvalue weighted by Crippen LogP contribution is -2.53. The van der Waals surface area contributed by atoms with Crippen molar-refractivity contribution >= 4 is 5.96 Å². The van der Waals surface area contributed by atoms with Crippen LogP contribution in [0.1, 0.15) is 38.2 Å². The predicted octanol–water partition coefficient (Wildman–Crippen LogP) is 2.87. The highest BCUT2D eigenvalue weighted by Crippen LogP contribution is 2.21. The summed E-state index contributed by atoms with van der Waals surface area (Å²) in [7, 11) is 0. The Hall–Kier alpha value is -1.63. The number of unbranched alkanes of at least 4 members (excludes halogenated alkanes) is 1. The molecule has 2 aliphatic rings. The van der Waals surface area contributed by atoms with Gasteiger partial charge in [-0.15, -0.1) is 0 Å². The number of aliphatic imine (C=N–C) groups is 1. The van der Waals surface area contributed by atoms with Crippen molar-refractivity contribution in [2.24, 2.45) is 4.99 Å². The van der Waals surface area contributed by atoms with E-state index in [4.69, 9.17) is 19.2 Å². The second kappa shape index (κ2) is 12.8. The van der Waals surface area contributed by atoms with Crippen molar-refractivity contribution in [3.8, 4) is 0 Å². The van der Waals surface area contributed by atoms with Gasteiger partial charge in [0.1, 0.15) is 6.10 Å². The van der Waals surface area contributed by atoms with Gasteiger partial charge in [-0.05, 0) is 44.6 Å². The van der Waals surface area contributed by atoms with Crippen molar-refractivity contribution in [2.75, 3.05) is 52.6 Å². The molecule has 2 atom stereocenters. The number of benzene rings is 1. The van der Waals surface area contributed by atoms with Gasteiger partial charge in [-0.25, -0.2) is 0 Å². The van der Waals surface area contributed by atoms with E-state index in [0.29, 0.717) is 0 Å². The first-order chi connectivity index (χ1) is 14.4. The van der Waals surface area contributed by atoms with Crippen molar-refractivity contribution in [1.82, 2.24) is 10.2 Å². The lowest BCUT2D eigenvalue weighted by atomic mass is 10.1. The Kier molecular flexibility index (Phi) is 9.76. The number of morpholine rings is 1. The summed E-state index contributed by atoms with van der Waals surface area (Å²) in [5.41, 5.74) is 1.33. The molecule has 0 saturated carbocycles. The highest BCUT2D eigenvalue weighted by atomic mass is 16.5. The quantitative estimate of drug-likeness (QED) is 0.370. The van der Waals surface area contributed by atoms with Crippen LogP contribution in [-0.2, 0) is 20.6 Å². The number of ether oxygens (including phenoxy) is 3. The molecule has 0 amide bonds. The van der Waals surface area contributed by atoms with Gasteiger partial charge in [-0.1, -0.05) is 30.3 Å². The zero-order valence-electron chi connectivity index (χ0n) is 17.9. The van der Waals surface area contributed by atoms with E-state index in [-0.39, 0.29) is 12.2 Å². The molecular formula is C23H37N3O3. The zero-order chi connectivity index (χ0) is 20.2. The Morgan fingerprint density at radius 3 is 2.79 bits per heavy atom. The second-order valence-corrected chi connectivity index (χ2v) is 7.70. The molecule has 2 unspecified atom stereocenters. The minimum Gasteiger partial charge on any atom is -0.381 e. The molecule has 2 aliphatic heterocycles. The van der Waals surface area contributed by atoms with Gasteiger partial charge < -0.3 is 24.4 Å². The van der Waals surface area contributed by atoms with Crippen LogP contribution in [-0.4, -0.2) is 75.7 Å². The third kappa shape index (κ3) is 7.61. The van der Waals surface area contributed by atoms with Crippen LogP contribution in [0.2, 0.25) is 0 Å². The molecule has 2 fully saturated rings. The Morgan fingerprint density at radius 1 is 1.14 bits per heavy atom. The predicted molar refractivity (Wildman–Crippen MR) is 116 cm³/mol. The van der Waals surface area contributed by atoms with Crippen LogP contribution in [0.25, 0.3) is 0 Å². The summed E-state index contributed by atoms with van der Waals surface area (Å²) in [4.78, 5) is 7.17. The van der Waals surface area contributed by atoms with Gasteiger partial charge in [-0.2, -0.15) is 0 Å². The van der Waals surface area contributed by atoms with Gasteiger partial charge in [-0.3, -0.25) is 4.99 Å². The first-order valence-corrected chi connectivity index (χ1v) is 11.2. The minimum absolute atomic E-state index is 0.160. The fraction of sp³-hybridized carbons (Fsp3) is 0.696. The van der Waals surface area contributed by atoms with Crippen LogP contribution in [0.4, 0.5) is 0 Å². The molecule has 0 aliphatic carbocycles. The first kappa shape index (κ1) is 22.1. The number of nitrogens with zero attached hydrogens (tertiary/aromatic N) is 2. The minimum atomic E-state index is 0.160. The SMILES string of the molecule is CCNC(=NCCCCOCCc1ccccc1)N1CCOC(C2CCCO2)C1. The lowest BCUT2D eigenvalue weighted by Gasteiger charge is -2.37. The second-order valence-electron chi connectivity index (χ2n) is 7.70. The summed E-state index contributed by atoms with van der Waals surface area (Å²) < 4.78 is 17.6. The van der Waals surface area contributed by atoms with Gasteiger partial charge in [0.15, 0.2) is 5.96 Å². The summed E-state index contributed by atoms with van der Waals surface area (Å²) in [6.45, 7) is 8.77. The third-order valence-electron chi connectivity index (χ3n) is 5.44. The standard InChI is InChI=1S/C23H37N3O3/c1-2-24-23(26-14-18-29-22(19-26)21-11-8-16-28-21)25-13-6-7-15-27-17-12-20-9-4-3-5-10-20/h3-5,9-10,21-22H,2,6-8,11-19H2,1H3,(H,24,25). The van der Waals surface area contributed by atoms with E-state index in [1.807, 2.05) is 6.07 Å². The van der Waals surface area contributed by atoms with Crippen LogP contribution < -0.4 is 5.32 Å². The molecule has 1 aromatic carbocycles. The molecule has 29 heavy (non-hydrogen) atoms. The van der Waals surface area contributed by atoms with E-state index in [9.17, 15) is 0 Å². The first-order valence-electron chi connectivity index (χ1n) is 11.2. The maximum Gasteiger partial charge on any atom is 0.194 e. The number of rotatable bonds is 10. The molecule has 0 aromatic heterocycles. The van der Waals surface area contributed by atoms with Crippen molar-refractivity contribution < 1.29 is 14.2 Å². The maximum absolute atomic E-state index is 5.97. The Morgan fingerprint density at radius 2 is 2.00 bits per heavy atom.